The number of carbonyl (C=O) groups is 3. The fraction of sp³-hybridized carbons (Fsp3) is 0.809. The van der Waals surface area contributed by atoms with E-state index < -0.39 is 0 Å². The molecule has 8 aliphatic carbocycles. The Hall–Kier alpha value is -1.87. The van der Waals surface area contributed by atoms with Gasteiger partial charge in [0.2, 0.25) is 0 Å². The normalized spacial score (nSPS) is 45.9. The molecular weight excluding hydrogens is 1060 g/mol. The fourth-order valence-electron chi connectivity index (χ4n) is 21.8. The molecule has 3 N–H and O–H groups in total. The summed E-state index contributed by atoms with van der Waals surface area (Å²) in [5, 5.41) is 3.45. The number of nitrogens with zero attached hydrogens (tertiary/aromatic N) is 2. The maximum Gasteiger partial charge on any atom is 0.176 e. The van der Waals surface area contributed by atoms with Crippen molar-refractivity contribution in [1.29, 1.82) is 0 Å². The molecule has 1 aromatic rings. The molecule has 0 radical (unpaired) electrons. The maximum absolute atomic E-state index is 12.6. The van der Waals surface area contributed by atoms with Gasteiger partial charge in [-0.1, -0.05) is 94.2 Å². The van der Waals surface area contributed by atoms with Gasteiger partial charge in [0.25, 0.3) is 0 Å². The van der Waals surface area contributed by atoms with E-state index in [1.54, 1.807) is 16.7 Å². The molecule has 10 heteroatoms. The van der Waals surface area contributed by atoms with Crippen LogP contribution in [-0.2, 0) is 39.5 Å². The second-order valence-corrected chi connectivity index (χ2v) is 29.7. The van der Waals surface area contributed by atoms with Crippen LogP contribution < -0.4 is 11.1 Å². The summed E-state index contributed by atoms with van der Waals surface area (Å²) in [4.78, 5) is 42.6. The zero-order valence-corrected chi connectivity index (χ0v) is 51.1. The number of fused-ring (bicyclic) bond motifs is 12. The number of nitrogens with two attached hydrogens (primary N) is 1. The summed E-state index contributed by atoms with van der Waals surface area (Å²) in [5.74, 6) is 9.53. The SMILES string of the molecule is CC1=C2C[C@H]3[C@@H](CC[C@@H]4CC(=O)CC[C@@]43C)[C@@H]2CC[C@@]2(C1)O[C@@H]1C[C@H](C)CN(CCN)[C@H]1[C@H]2C.CC1=C2C[C@H]3[C@@H](CC[C@@H]4CC(=O)CC[C@@]43C)[C@@H]2CC[C@@]2(C1)O[C@@H]1C[C@H](C)CN(CCNCC(=O)c3ccccc3)[C@H]1[C@H]2C.[HH].[Pd]. The van der Waals surface area contributed by atoms with E-state index in [2.05, 4.69) is 70.5 Å². The maximum atomic E-state index is 12.6. The minimum absolute atomic E-state index is 0. The summed E-state index contributed by atoms with van der Waals surface area (Å²) in [6, 6.07) is 10.6. The van der Waals surface area contributed by atoms with Crippen molar-refractivity contribution in [3.05, 3.63) is 58.2 Å². The van der Waals surface area contributed by atoms with Crippen LogP contribution >= 0.6 is 0 Å². The van der Waals surface area contributed by atoms with Gasteiger partial charge in [0.15, 0.2) is 5.78 Å². The topological polar surface area (TPSA) is 114 Å². The number of allylic oxidation sites excluding steroid dienone is 2. The van der Waals surface area contributed by atoms with Gasteiger partial charge < -0.3 is 20.5 Å². The largest absolute Gasteiger partial charge is 0.369 e. The molecule has 9 nitrogen and oxygen atoms in total. The molecule has 12 aliphatic rings. The van der Waals surface area contributed by atoms with E-state index in [1.165, 1.54) is 77.2 Å². The van der Waals surface area contributed by atoms with Crippen molar-refractivity contribution in [3.63, 3.8) is 0 Å². The number of carbonyl (C=O) groups excluding carboxylic acids is 3. The molecule has 10 fully saturated rings. The summed E-state index contributed by atoms with van der Waals surface area (Å²) in [6.45, 7) is 26.0. The standard InChI is InChI=1S/C38H54N2O3.C30H48N2O2.Pd.H2/c1-24-18-35-36(40(23-24)17-16-39-22-34(42)27-8-6-5-7-9-27)26(3)38(43-35)15-13-30-31-11-10-28-19-29(41)12-14-37(28,4)33(31)20-32(30)25(2)21-38;1-18-13-27-28(32(17-18)12-11-31)20(3)30(34-27)10-8-23-24-6-5-21-14-22(33)7-9-29(21,4)26(24)15-25(23)19(2)16-30;;/h5-9,24,26,28,30-31,33,35-36,39H,10-23H2,1-4H3;18,20-21,23-24,26-28H,5-17,31H2,1-4H3;;1H/t24-,26+,28+,30-,31-,33-,35+,36-,37-,38-;18-,20+,21+,23-,24-,26-,27+,28-,29-,30-;;/m00../s1. The number of piperidine rings is 2. The van der Waals surface area contributed by atoms with Crippen LogP contribution in [0, 0.1) is 81.8 Å². The van der Waals surface area contributed by atoms with Crippen LogP contribution in [0.1, 0.15) is 196 Å². The molecule has 0 unspecified atom stereocenters. The quantitative estimate of drug-likeness (QED) is 0.114. The van der Waals surface area contributed by atoms with Crippen LogP contribution in [0.4, 0.5) is 0 Å². The fourth-order valence-corrected chi connectivity index (χ4v) is 21.8. The van der Waals surface area contributed by atoms with Gasteiger partial charge in [-0.3, -0.25) is 24.2 Å². The third kappa shape index (κ3) is 10.1. The number of ether oxygens (including phenoxy) is 2. The van der Waals surface area contributed by atoms with Gasteiger partial charge in [0.1, 0.15) is 11.6 Å². The Morgan fingerprint density at radius 1 is 0.667 bits per heavy atom. The van der Waals surface area contributed by atoms with E-state index in [0.717, 1.165) is 132 Å². The number of hydrogen-bond donors (Lipinski definition) is 2. The first kappa shape index (κ1) is 57.9. The molecule has 13 rings (SSSR count). The molecule has 6 saturated carbocycles. The minimum atomic E-state index is -0.0520. The third-order valence-corrected chi connectivity index (χ3v) is 25.7. The average molecular weight is 1160 g/mol. The molecule has 4 saturated heterocycles. The van der Waals surface area contributed by atoms with Crippen LogP contribution in [0.3, 0.4) is 0 Å². The number of benzene rings is 1. The first-order valence-corrected chi connectivity index (χ1v) is 32.2. The Labute approximate surface area is 486 Å². The molecule has 4 aliphatic heterocycles. The third-order valence-electron chi connectivity index (χ3n) is 25.7. The van der Waals surface area contributed by atoms with E-state index >= 15 is 0 Å². The van der Waals surface area contributed by atoms with Gasteiger partial charge >= 0.3 is 0 Å². The van der Waals surface area contributed by atoms with Crippen molar-refractivity contribution >= 4 is 17.3 Å². The Balaban J connectivity index is 0.000000178. The molecule has 78 heavy (non-hydrogen) atoms. The van der Waals surface area contributed by atoms with Crippen molar-refractivity contribution in [2.45, 2.75) is 219 Å². The number of hydrogen-bond acceptors (Lipinski definition) is 9. The van der Waals surface area contributed by atoms with Gasteiger partial charge in [0.05, 0.1) is 30.0 Å². The number of Topliss-reactive ketones (excluding diaryl/α,β-unsaturated/α-hetero) is 3. The van der Waals surface area contributed by atoms with Crippen LogP contribution in [0.2, 0.25) is 0 Å². The summed E-state index contributed by atoms with van der Waals surface area (Å²) < 4.78 is 14.5. The predicted octanol–water partition coefficient (Wildman–Crippen LogP) is 12.5. The summed E-state index contributed by atoms with van der Waals surface area (Å²) in [5.41, 5.74) is 14.4. The second-order valence-electron chi connectivity index (χ2n) is 29.7. The molecule has 20 atom stereocenters. The number of rotatable bonds is 8. The van der Waals surface area contributed by atoms with E-state index in [-0.39, 0.29) is 38.8 Å². The zero-order chi connectivity index (χ0) is 53.8. The molecule has 2 spiro atoms. The molecular formula is C68H104N4O5Pd. The van der Waals surface area contributed by atoms with Crippen LogP contribution in [-0.4, -0.2) is 108 Å². The number of likely N-dealkylation sites (tertiary alicyclic amines) is 2. The Morgan fingerprint density at radius 2 is 1.14 bits per heavy atom. The Kier molecular flexibility index (Phi) is 16.8. The summed E-state index contributed by atoms with van der Waals surface area (Å²) in [7, 11) is 0. The predicted molar refractivity (Wildman–Crippen MR) is 309 cm³/mol. The van der Waals surface area contributed by atoms with Crippen molar-refractivity contribution in [2.24, 2.45) is 87.6 Å². The Bertz CT molecular complexity index is 2470. The molecule has 0 amide bonds. The van der Waals surface area contributed by atoms with Gasteiger partial charge in [0, 0.05) is 116 Å². The summed E-state index contributed by atoms with van der Waals surface area (Å²) in [6.07, 6.45) is 23.6. The molecule has 0 bridgehead atoms. The van der Waals surface area contributed by atoms with Crippen molar-refractivity contribution in [1.82, 2.24) is 15.1 Å². The van der Waals surface area contributed by atoms with Gasteiger partial charge in [-0.2, -0.15) is 0 Å². The van der Waals surface area contributed by atoms with Crippen LogP contribution in [0.5, 0.6) is 0 Å². The minimum Gasteiger partial charge on any atom is -0.369 e. The smallest absolute Gasteiger partial charge is 0.176 e. The molecule has 1 aromatic carbocycles. The van der Waals surface area contributed by atoms with Crippen molar-refractivity contribution in [2.75, 3.05) is 45.8 Å². The van der Waals surface area contributed by atoms with Gasteiger partial charge in [-0.15, -0.1) is 0 Å². The number of ketones is 3. The molecule has 4 heterocycles. The second kappa shape index (κ2) is 22.6. The van der Waals surface area contributed by atoms with Crippen LogP contribution in [0.25, 0.3) is 0 Å². The van der Waals surface area contributed by atoms with Crippen molar-refractivity contribution < 1.29 is 45.7 Å². The first-order chi connectivity index (χ1) is 36.9. The van der Waals surface area contributed by atoms with E-state index in [1.807, 2.05) is 35.9 Å². The summed E-state index contributed by atoms with van der Waals surface area (Å²) >= 11 is 0. The molecule has 436 valence electrons. The van der Waals surface area contributed by atoms with Crippen LogP contribution in [0.15, 0.2) is 52.6 Å². The van der Waals surface area contributed by atoms with Gasteiger partial charge in [-0.05, 0) is 187 Å². The zero-order valence-electron chi connectivity index (χ0n) is 49.5. The first-order valence-electron chi connectivity index (χ1n) is 32.2. The molecule has 0 aromatic heterocycles. The average Bonchev–Trinajstić information content (AvgIpc) is 3.56. The van der Waals surface area contributed by atoms with Gasteiger partial charge in [-0.25, -0.2) is 0 Å². The van der Waals surface area contributed by atoms with E-state index in [4.69, 9.17) is 15.2 Å². The van der Waals surface area contributed by atoms with Crippen molar-refractivity contribution in [3.8, 4) is 0 Å². The monoisotopic (exact) mass is 1160 g/mol. The Morgan fingerprint density at radius 3 is 1.62 bits per heavy atom. The van der Waals surface area contributed by atoms with E-state index in [9.17, 15) is 14.4 Å². The number of nitrogens with one attached hydrogen (secondary N) is 1. The van der Waals surface area contributed by atoms with E-state index in [0.29, 0.717) is 88.7 Å².